The van der Waals surface area contributed by atoms with Crippen molar-refractivity contribution < 1.29 is 9.47 Å². The van der Waals surface area contributed by atoms with Crippen LogP contribution in [0.5, 0.6) is 0 Å². The van der Waals surface area contributed by atoms with Crippen molar-refractivity contribution in [2.45, 2.75) is 51.5 Å². The van der Waals surface area contributed by atoms with E-state index < -0.39 is 0 Å². The Bertz CT molecular complexity index is 199. The van der Waals surface area contributed by atoms with Gasteiger partial charge in [0.15, 0.2) is 5.79 Å². The molecule has 2 heterocycles. The standard InChI is InChI=1S/C11H21NO2/c1-4-10-7-11(13-5-6-14-11)8-12(10)9(2)3/h9-10H,4-8H2,1-3H3/t10-/m1/s1. The second-order valence-corrected chi connectivity index (χ2v) is 4.64. The molecule has 0 amide bonds. The molecular weight excluding hydrogens is 178 g/mol. The SMILES string of the molecule is CC[C@@H]1CC2(CN1C(C)C)OCCO2. The number of rotatable bonds is 2. The predicted octanol–water partition coefficient (Wildman–Crippen LogP) is 1.62. The largest absolute Gasteiger partial charge is 0.346 e. The zero-order chi connectivity index (χ0) is 10.2. The van der Waals surface area contributed by atoms with Gasteiger partial charge in [0.05, 0.1) is 19.8 Å². The van der Waals surface area contributed by atoms with E-state index in [2.05, 4.69) is 25.7 Å². The molecule has 2 fully saturated rings. The molecule has 3 heteroatoms. The molecule has 0 saturated carbocycles. The minimum Gasteiger partial charge on any atom is -0.346 e. The van der Waals surface area contributed by atoms with Crippen molar-refractivity contribution in [2.24, 2.45) is 0 Å². The minimum atomic E-state index is -0.259. The Morgan fingerprint density at radius 2 is 2.00 bits per heavy atom. The van der Waals surface area contributed by atoms with E-state index in [1.54, 1.807) is 0 Å². The van der Waals surface area contributed by atoms with Crippen LogP contribution in [0, 0.1) is 0 Å². The van der Waals surface area contributed by atoms with Gasteiger partial charge in [-0.1, -0.05) is 6.92 Å². The first-order chi connectivity index (χ1) is 6.67. The van der Waals surface area contributed by atoms with Gasteiger partial charge in [-0.3, -0.25) is 4.90 Å². The number of ether oxygens (including phenoxy) is 2. The van der Waals surface area contributed by atoms with Crippen LogP contribution in [0.4, 0.5) is 0 Å². The van der Waals surface area contributed by atoms with Gasteiger partial charge in [0.2, 0.25) is 0 Å². The second-order valence-electron chi connectivity index (χ2n) is 4.64. The van der Waals surface area contributed by atoms with Crippen molar-refractivity contribution in [1.29, 1.82) is 0 Å². The summed E-state index contributed by atoms with van der Waals surface area (Å²) < 4.78 is 11.5. The smallest absolute Gasteiger partial charge is 0.182 e. The Hall–Kier alpha value is -0.120. The average molecular weight is 199 g/mol. The van der Waals surface area contributed by atoms with Crippen molar-refractivity contribution >= 4 is 0 Å². The molecule has 0 aromatic heterocycles. The first kappa shape index (κ1) is 10.4. The lowest BCUT2D eigenvalue weighted by atomic mass is 10.1. The molecule has 1 spiro atoms. The van der Waals surface area contributed by atoms with Crippen molar-refractivity contribution in [2.75, 3.05) is 19.8 Å². The van der Waals surface area contributed by atoms with Crippen LogP contribution in [0.15, 0.2) is 0 Å². The summed E-state index contributed by atoms with van der Waals surface area (Å²) in [5.41, 5.74) is 0. The molecule has 0 radical (unpaired) electrons. The second kappa shape index (κ2) is 3.80. The molecule has 0 unspecified atom stereocenters. The van der Waals surface area contributed by atoms with E-state index in [9.17, 15) is 0 Å². The topological polar surface area (TPSA) is 21.7 Å². The molecule has 0 N–H and O–H groups in total. The van der Waals surface area contributed by atoms with E-state index in [-0.39, 0.29) is 5.79 Å². The van der Waals surface area contributed by atoms with Gasteiger partial charge in [-0.05, 0) is 20.3 Å². The maximum absolute atomic E-state index is 5.75. The molecule has 0 aromatic carbocycles. The van der Waals surface area contributed by atoms with Gasteiger partial charge in [0, 0.05) is 18.5 Å². The van der Waals surface area contributed by atoms with Gasteiger partial charge in [-0.25, -0.2) is 0 Å². The fourth-order valence-corrected chi connectivity index (χ4v) is 2.64. The van der Waals surface area contributed by atoms with Gasteiger partial charge < -0.3 is 9.47 Å². The number of nitrogens with zero attached hydrogens (tertiary/aromatic N) is 1. The Morgan fingerprint density at radius 3 is 2.43 bits per heavy atom. The van der Waals surface area contributed by atoms with Crippen LogP contribution in [-0.4, -0.2) is 42.5 Å². The fraction of sp³-hybridized carbons (Fsp3) is 1.00. The Morgan fingerprint density at radius 1 is 1.36 bits per heavy atom. The molecule has 0 aromatic rings. The van der Waals surface area contributed by atoms with Crippen molar-refractivity contribution in [3.63, 3.8) is 0 Å². The zero-order valence-electron chi connectivity index (χ0n) is 9.45. The summed E-state index contributed by atoms with van der Waals surface area (Å²) in [6, 6.07) is 1.22. The minimum absolute atomic E-state index is 0.259. The molecule has 14 heavy (non-hydrogen) atoms. The van der Waals surface area contributed by atoms with Gasteiger partial charge in [-0.15, -0.1) is 0 Å². The summed E-state index contributed by atoms with van der Waals surface area (Å²) >= 11 is 0. The number of hydrogen-bond acceptors (Lipinski definition) is 3. The summed E-state index contributed by atoms with van der Waals surface area (Å²) in [6.45, 7) is 9.22. The van der Waals surface area contributed by atoms with Gasteiger partial charge in [0.25, 0.3) is 0 Å². The maximum Gasteiger partial charge on any atom is 0.182 e. The molecule has 2 rings (SSSR count). The van der Waals surface area contributed by atoms with E-state index in [1.807, 2.05) is 0 Å². The highest BCUT2D eigenvalue weighted by Gasteiger charge is 2.48. The van der Waals surface area contributed by atoms with Crippen molar-refractivity contribution in [3.8, 4) is 0 Å². The molecule has 2 aliphatic rings. The van der Waals surface area contributed by atoms with E-state index in [0.29, 0.717) is 12.1 Å². The summed E-state index contributed by atoms with van der Waals surface area (Å²) in [5.74, 6) is -0.259. The van der Waals surface area contributed by atoms with Crippen molar-refractivity contribution in [3.05, 3.63) is 0 Å². The van der Waals surface area contributed by atoms with Crippen LogP contribution < -0.4 is 0 Å². The molecule has 2 aliphatic heterocycles. The molecule has 3 nitrogen and oxygen atoms in total. The lowest BCUT2D eigenvalue weighted by Gasteiger charge is -2.27. The Labute approximate surface area is 86.4 Å². The van der Waals surface area contributed by atoms with Crippen molar-refractivity contribution in [1.82, 2.24) is 4.90 Å². The van der Waals surface area contributed by atoms with Gasteiger partial charge >= 0.3 is 0 Å². The summed E-state index contributed by atoms with van der Waals surface area (Å²) in [4.78, 5) is 2.51. The van der Waals surface area contributed by atoms with Crippen LogP contribution in [0.2, 0.25) is 0 Å². The number of hydrogen-bond donors (Lipinski definition) is 0. The number of likely N-dealkylation sites (tertiary alicyclic amines) is 1. The molecule has 1 atom stereocenters. The van der Waals surface area contributed by atoms with E-state index in [4.69, 9.17) is 9.47 Å². The van der Waals surface area contributed by atoms with Crippen LogP contribution in [-0.2, 0) is 9.47 Å². The maximum atomic E-state index is 5.75. The first-order valence-electron chi connectivity index (χ1n) is 5.70. The Kier molecular flexibility index (Phi) is 2.82. The van der Waals surface area contributed by atoms with Gasteiger partial charge in [-0.2, -0.15) is 0 Å². The van der Waals surface area contributed by atoms with E-state index in [1.165, 1.54) is 6.42 Å². The lowest BCUT2D eigenvalue weighted by molar-refractivity contribution is -0.146. The molecular formula is C11H21NO2. The van der Waals surface area contributed by atoms with E-state index in [0.717, 1.165) is 26.2 Å². The third kappa shape index (κ3) is 1.69. The Balaban J connectivity index is 2.06. The fourth-order valence-electron chi connectivity index (χ4n) is 2.64. The highest BCUT2D eigenvalue weighted by molar-refractivity contribution is 4.94. The van der Waals surface area contributed by atoms with Crippen LogP contribution in [0.25, 0.3) is 0 Å². The highest BCUT2D eigenvalue weighted by atomic mass is 16.7. The average Bonchev–Trinajstić information content (AvgIpc) is 2.74. The quantitative estimate of drug-likeness (QED) is 0.674. The normalized spacial score (nSPS) is 32.1. The van der Waals surface area contributed by atoms with Crippen LogP contribution in [0.1, 0.15) is 33.6 Å². The third-order valence-corrected chi connectivity index (χ3v) is 3.39. The third-order valence-electron chi connectivity index (χ3n) is 3.39. The monoisotopic (exact) mass is 199 g/mol. The predicted molar refractivity (Wildman–Crippen MR) is 55.2 cm³/mol. The highest BCUT2D eigenvalue weighted by Crippen LogP contribution is 2.36. The molecule has 82 valence electrons. The molecule has 2 saturated heterocycles. The molecule has 0 bridgehead atoms. The first-order valence-corrected chi connectivity index (χ1v) is 5.70. The van der Waals surface area contributed by atoms with Crippen LogP contribution in [0.3, 0.4) is 0 Å². The lowest BCUT2D eigenvalue weighted by Crippen LogP contribution is -2.38. The summed E-state index contributed by atoms with van der Waals surface area (Å²) in [5, 5.41) is 0. The van der Waals surface area contributed by atoms with Gasteiger partial charge in [0.1, 0.15) is 0 Å². The summed E-state index contributed by atoms with van der Waals surface area (Å²) in [6.07, 6.45) is 2.23. The van der Waals surface area contributed by atoms with E-state index >= 15 is 0 Å². The zero-order valence-corrected chi connectivity index (χ0v) is 9.45. The van der Waals surface area contributed by atoms with Crippen LogP contribution >= 0.6 is 0 Å². The molecule has 0 aliphatic carbocycles. The summed E-state index contributed by atoms with van der Waals surface area (Å²) in [7, 11) is 0.